The summed E-state index contributed by atoms with van der Waals surface area (Å²) < 4.78 is 36.4. The number of nitrogens with zero attached hydrogens (tertiary/aromatic N) is 3. The molecule has 0 spiro atoms. The summed E-state index contributed by atoms with van der Waals surface area (Å²) in [6.45, 7) is -1.29. The largest absolute Gasteiger partial charge is 0.406 e. The number of halogens is 3. The maximum absolute atomic E-state index is 12.1. The smallest absolute Gasteiger partial charge is 0.370 e. The molecular formula is C13H18F3N5O. The van der Waals surface area contributed by atoms with Crippen molar-refractivity contribution in [2.75, 3.05) is 26.7 Å². The number of aromatic nitrogens is 1. The summed E-state index contributed by atoms with van der Waals surface area (Å²) in [6, 6.07) is 5.51. The molecule has 0 aromatic carbocycles. The molecule has 0 unspecified atom stereocenters. The lowest BCUT2D eigenvalue weighted by molar-refractivity contribution is -0.157. The van der Waals surface area contributed by atoms with Crippen molar-refractivity contribution in [1.82, 2.24) is 15.2 Å². The molecule has 9 heteroatoms. The Morgan fingerprint density at radius 2 is 2.18 bits per heavy atom. The Balaban J connectivity index is 2.31. The zero-order valence-corrected chi connectivity index (χ0v) is 12.1. The molecule has 1 aromatic heterocycles. The number of alkyl halides is 3. The van der Waals surface area contributed by atoms with Gasteiger partial charge in [-0.2, -0.15) is 13.2 Å². The van der Waals surface area contributed by atoms with Gasteiger partial charge in [-0.3, -0.25) is 9.78 Å². The molecule has 0 bridgehead atoms. The minimum absolute atomic E-state index is 0.00434. The summed E-state index contributed by atoms with van der Waals surface area (Å²) in [4.78, 5) is 19.8. The van der Waals surface area contributed by atoms with E-state index in [1.54, 1.807) is 12.3 Å². The topological polar surface area (TPSA) is 83.6 Å². The number of nitrogens with two attached hydrogens (primary N) is 1. The molecular weight excluding hydrogens is 299 g/mol. The average molecular weight is 317 g/mol. The van der Waals surface area contributed by atoms with Crippen LogP contribution in [0.25, 0.3) is 0 Å². The van der Waals surface area contributed by atoms with Gasteiger partial charge in [-0.25, -0.2) is 4.99 Å². The Morgan fingerprint density at radius 3 is 2.77 bits per heavy atom. The number of pyridine rings is 1. The van der Waals surface area contributed by atoms with E-state index in [0.717, 1.165) is 12.7 Å². The second-order valence-corrected chi connectivity index (χ2v) is 4.56. The van der Waals surface area contributed by atoms with E-state index >= 15 is 0 Å². The lowest BCUT2D eigenvalue weighted by atomic mass is 10.3. The maximum atomic E-state index is 12.1. The second kappa shape index (κ2) is 8.20. The molecule has 0 fully saturated rings. The highest BCUT2D eigenvalue weighted by molar-refractivity contribution is 5.83. The molecule has 122 valence electrons. The zero-order valence-electron chi connectivity index (χ0n) is 12.1. The minimum Gasteiger partial charge on any atom is -0.370 e. The van der Waals surface area contributed by atoms with Crippen LogP contribution < -0.4 is 11.1 Å². The molecule has 0 saturated heterocycles. The van der Waals surface area contributed by atoms with Crippen LogP contribution in [0.2, 0.25) is 0 Å². The first-order chi connectivity index (χ1) is 10.3. The first-order valence-electron chi connectivity index (χ1n) is 6.52. The SMILES string of the molecule is CN(CC(F)(F)F)C(=O)CN=C(N)NCCc1ccccn1. The fraction of sp³-hybridized carbons (Fsp3) is 0.462. The molecule has 1 aromatic rings. The van der Waals surface area contributed by atoms with Gasteiger partial charge < -0.3 is 16.0 Å². The number of carbonyl (C=O) groups excluding carboxylic acids is 1. The van der Waals surface area contributed by atoms with Gasteiger partial charge in [0.05, 0.1) is 0 Å². The van der Waals surface area contributed by atoms with Crippen molar-refractivity contribution in [3.8, 4) is 0 Å². The van der Waals surface area contributed by atoms with Crippen LogP contribution in [0.1, 0.15) is 5.69 Å². The normalized spacial score (nSPS) is 12.1. The van der Waals surface area contributed by atoms with E-state index in [9.17, 15) is 18.0 Å². The summed E-state index contributed by atoms with van der Waals surface area (Å²) in [5.74, 6) is -0.753. The summed E-state index contributed by atoms with van der Waals surface area (Å²) in [6.07, 6.45) is -2.15. The van der Waals surface area contributed by atoms with Gasteiger partial charge in [0.25, 0.3) is 0 Å². The lowest BCUT2D eigenvalue weighted by Gasteiger charge is -2.17. The van der Waals surface area contributed by atoms with Gasteiger partial charge in [0.15, 0.2) is 5.96 Å². The molecule has 0 atom stereocenters. The number of aliphatic imine (C=N–C) groups is 1. The van der Waals surface area contributed by atoms with E-state index in [-0.39, 0.29) is 5.96 Å². The average Bonchev–Trinajstić information content (AvgIpc) is 2.44. The third-order valence-corrected chi connectivity index (χ3v) is 2.64. The Bertz CT molecular complexity index is 504. The summed E-state index contributed by atoms with van der Waals surface area (Å²) in [5.41, 5.74) is 6.40. The highest BCUT2D eigenvalue weighted by Crippen LogP contribution is 2.15. The highest BCUT2D eigenvalue weighted by Gasteiger charge is 2.30. The Hall–Kier alpha value is -2.32. The molecule has 1 rings (SSSR count). The van der Waals surface area contributed by atoms with Crippen molar-refractivity contribution in [3.05, 3.63) is 30.1 Å². The number of nitrogens with one attached hydrogen (secondary N) is 1. The predicted molar refractivity (Wildman–Crippen MR) is 76.1 cm³/mol. The van der Waals surface area contributed by atoms with E-state index in [0.29, 0.717) is 17.9 Å². The summed E-state index contributed by atoms with van der Waals surface area (Å²) in [7, 11) is 1.07. The van der Waals surface area contributed by atoms with Crippen molar-refractivity contribution in [2.45, 2.75) is 12.6 Å². The van der Waals surface area contributed by atoms with Crippen molar-refractivity contribution in [2.24, 2.45) is 10.7 Å². The Labute approximate surface area is 126 Å². The van der Waals surface area contributed by atoms with Gasteiger partial charge in [0.2, 0.25) is 5.91 Å². The van der Waals surface area contributed by atoms with Gasteiger partial charge >= 0.3 is 6.18 Å². The van der Waals surface area contributed by atoms with Gasteiger partial charge in [0.1, 0.15) is 13.1 Å². The third-order valence-electron chi connectivity index (χ3n) is 2.64. The van der Waals surface area contributed by atoms with E-state index in [2.05, 4.69) is 15.3 Å². The summed E-state index contributed by atoms with van der Waals surface area (Å²) in [5, 5.41) is 2.77. The summed E-state index contributed by atoms with van der Waals surface area (Å²) >= 11 is 0. The molecule has 3 N–H and O–H groups in total. The monoisotopic (exact) mass is 317 g/mol. The Kier molecular flexibility index (Phi) is 6.61. The fourth-order valence-electron chi connectivity index (χ4n) is 1.55. The molecule has 0 aliphatic carbocycles. The van der Waals surface area contributed by atoms with E-state index < -0.39 is 25.2 Å². The molecule has 0 aliphatic rings. The van der Waals surface area contributed by atoms with E-state index in [4.69, 9.17) is 5.73 Å². The minimum atomic E-state index is -4.43. The van der Waals surface area contributed by atoms with Crippen LogP contribution in [-0.2, 0) is 11.2 Å². The fourth-order valence-corrected chi connectivity index (χ4v) is 1.55. The zero-order chi connectivity index (χ0) is 16.6. The molecule has 0 saturated carbocycles. The number of guanidine groups is 1. The van der Waals surface area contributed by atoms with Gasteiger partial charge in [0, 0.05) is 31.9 Å². The predicted octanol–water partition coefficient (Wildman–Crippen LogP) is 0.549. The first-order valence-corrected chi connectivity index (χ1v) is 6.52. The number of hydrogen-bond donors (Lipinski definition) is 2. The lowest BCUT2D eigenvalue weighted by Crippen LogP contribution is -2.38. The quantitative estimate of drug-likeness (QED) is 0.593. The van der Waals surface area contributed by atoms with Gasteiger partial charge in [-0.15, -0.1) is 0 Å². The van der Waals surface area contributed by atoms with E-state index in [1.165, 1.54) is 0 Å². The highest BCUT2D eigenvalue weighted by atomic mass is 19.4. The molecule has 1 amide bonds. The van der Waals surface area contributed by atoms with Crippen LogP contribution in [0.15, 0.2) is 29.4 Å². The first kappa shape index (κ1) is 17.7. The number of likely N-dealkylation sites (N-methyl/N-ethyl adjacent to an activating group) is 1. The molecule has 0 radical (unpaired) electrons. The van der Waals surface area contributed by atoms with E-state index in [1.807, 2.05) is 12.1 Å². The van der Waals surface area contributed by atoms with Crippen molar-refractivity contribution >= 4 is 11.9 Å². The number of rotatable bonds is 6. The van der Waals surface area contributed by atoms with Crippen LogP contribution in [0, 0.1) is 0 Å². The van der Waals surface area contributed by atoms with Crippen LogP contribution in [-0.4, -0.2) is 54.6 Å². The standard InChI is InChI=1S/C13H18F3N5O/c1-21(9-13(14,15)16)11(22)8-20-12(17)19-7-5-10-4-2-3-6-18-10/h2-4,6H,5,7-9H2,1H3,(H3,17,19,20). The maximum Gasteiger partial charge on any atom is 0.406 e. The van der Waals surface area contributed by atoms with Crippen molar-refractivity contribution < 1.29 is 18.0 Å². The Morgan fingerprint density at radius 1 is 1.45 bits per heavy atom. The van der Waals surface area contributed by atoms with Crippen LogP contribution in [0.4, 0.5) is 13.2 Å². The number of hydrogen-bond acceptors (Lipinski definition) is 3. The number of amides is 1. The number of carbonyl (C=O) groups is 1. The van der Waals surface area contributed by atoms with Gasteiger partial charge in [-0.1, -0.05) is 6.07 Å². The second-order valence-electron chi connectivity index (χ2n) is 4.56. The van der Waals surface area contributed by atoms with Crippen LogP contribution >= 0.6 is 0 Å². The van der Waals surface area contributed by atoms with Crippen LogP contribution in [0.3, 0.4) is 0 Å². The third kappa shape index (κ3) is 7.46. The van der Waals surface area contributed by atoms with Crippen LogP contribution in [0.5, 0.6) is 0 Å². The van der Waals surface area contributed by atoms with Crippen molar-refractivity contribution in [1.29, 1.82) is 0 Å². The molecule has 0 aliphatic heterocycles. The van der Waals surface area contributed by atoms with Gasteiger partial charge in [-0.05, 0) is 12.1 Å². The molecule has 1 heterocycles. The molecule has 22 heavy (non-hydrogen) atoms. The van der Waals surface area contributed by atoms with Crippen molar-refractivity contribution in [3.63, 3.8) is 0 Å². The molecule has 6 nitrogen and oxygen atoms in total.